The molecule has 0 rings (SSSR count). The molecule has 1 amide bonds. The van der Waals surface area contributed by atoms with E-state index in [-0.39, 0.29) is 23.6 Å². The van der Waals surface area contributed by atoms with Crippen molar-refractivity contribution in [2.45, 2.75) is 27.2 Å². The minimum Gasteiger partial charge on any atom is -0.409 e. The zero-order valence-corrected chi connectivity index (χ0v) is 11.7. The lowest BCUT2D eigenvalue weighted by atomic mass is 10.1. The van der Waals surface area contributed by atoms with Gasteiger partial charge in [-0.3, -0.25) is 4.79 Å². The molecule has 0 saturated heterocycles. The van der Waals surface area contributed by atoms with E-state index in [0.29, 0.717) is 26.1 Å². The van der Waals surface area contributed by atoms with Crippen LogP contribution < -0.4 is 5.73 Å². The molecule has 0 radical (unpaired) electrons. The van der Waals surface area contributed by atoms with Gasteiger partial charge in [0.25, 0.3) is 0 Å². The van der Waals surface area contributed by atoms with E-state index in [1.165, 1.54) is 0 Å². The predicted molar refractivity (Wildman–Crippen MR) is 70.5 cm³/mol. The highest BCUT2D eigenvalue weighted by Gasteiger charge is 2.19. The van der Waals surface area contributed by atoms with Gasteiger partial charge in [0.15, 0.2) is 0 Å². The van der Waals surface area contributed by atoms with Crippen LogP contribution in [0.15, 0.2) is 5.16 Å². The Morgan fingerprint density at radius 2 is 2.11 bits per heavy atom. The van der Waals surface area contributed by atoms with Gasteiger partial charge in [0.2, 0.25) is 5.91 Å². The van der Waals surface area contributed by atoms with E-state index in [9.17, 15) is 4.79 Å². The summed E-state index contributed by atoms with van der Waals surface area (Å²) in [6, 6.07) is 0. The van der Waals surface area contributed by atoms with Crippen molar-refractivity contribution in [3.63, 3.8) is 0 Å². The van der Waals surface area contributed by atoms with E-state index in [1.807, 2.05) is 20.8 Å². The monoisotopic (exact) mass is 259 g/mol. The maximum atomic E-state index is 12.0. The van der Waals surface area contributed by atoms with Crippen LogP contribution in [-0.4, -0.2) is 48.7 Å². The molecule has 0 aliphatic carbocycles. The fourth-order valence-corrected chi connectivity index (χ4v) is 1.70. The van der Waals surface area contributed by atoms with E-state index >= 15 is 0 Å². The third-order valence-corrected chi connectivity index (χ3v) is 2.82. The van der Waals surface area contributed by atoms with E-state index in [4.69, 9.17) is 15.7 Å². The molecule has 0 heterocycles. The van der Waals surface area contributed by atoms with Gasteiger partial charge in [0.05, 0.1) is 0 Å². The summed E-state index contributed by atoms with van der Waals surface area (Å²) in [7, 11) is 1.62. The molecule has 0 aromatic rings. The third kappa shape index (κ3) is 5.86. The van der Waals surface area contributed by atoms with Gasteiger partial charge in [-0.25, -0.2) is 0 Å². The van der Waals surface area contributed by atoms with Crippen LogP contribution in [0.2, 0.25) is 0 Å². The maximum Gasteiger partial charge on any atom is 0.222 e. The van der Waals surface area contributed by atoms with Crippen molar-refractivity contribution in [3.8, 4) is 0 Å². The smallest absolute Gasteiger partial charge is 0.222 e. The van der Waals surface area contributed by atoms with Crippen molar-refractivity contribution >= 4 is 11.7 Å². The van der Waals surface area contributed by atoms with Crippen molar-refractivity contribution in [1.82, 2.24) is 4.90 Å². The van der Waals surface area contributed by atoms with Gasteiger partial charge in [0.1, 0.15) is 5.84 Å². The molecule has 106 valence electrons. The predicted octanol–water partition coefficient (Wildman–Crippen LogP) is 0.890. The first-order valence-electron chi connectivity index (χ1n) is 6.20. The molecule has 0 spiro atoms. The molecule has 6 nitrogen and oxygen atoms in total. The number of carbonyl (C=O) groups is 1. The average molecular weight is 259 g/mol. The SMILES string of the molecule is CCN(CC(C)C(N)=NO)C(=O)CC(C)COC. The zero-order chi connectivity index (χ0) is 14.1. The number of methoxy groups -OCH3 is 1. The zero-order valence-electron chi connectivity index (χ0n) is 11.7. The molecule has 0 fully saturated rings. The van der Waals surface area contributed by atoms with Crippen molar-refractivity contribution in [2.24, 2.45) is 22.7 Å². The number of amidine groups is 1. The van der Waals surface area contributed by atoms with Gasteiger partial charge < -0.3 is 20.6 Å². The second-order valence-electron chi connectivity index (χ2n) is 4.62. The minimum atomic E-state index is -0.156. The lowest BCUT2D eigenvalue weighted by molar-refractivity contribution is -0.132. The van der Waals surface area contributed by atoms with E-state index < -0.39 is 0 Å². The number of nitrogens with two attached hydrogens (primary N) is 1. The highest BCUT2D eigenvalue weighted by Crippen LogP contribution is 2.08. The van der Waals surface area contributed by atoms with Crippen molar-refractivity contribution in [1.29, 1.82) is 0 Å². The topological polar surface area (TPSA) is 88.1 Å². The van der Waals surface area contributed by atoms with Gasteiger partial charge in [-0.15, -0.1) is 0 Å². The Kier molecular flexibility index (Phi) is 8.11. The summed E-state index contributed by atoms with van der Waals surface area (Å²) in [4.78, 5) is 13.8. The fourth-order valence-electron chi connectivity index (χ4n) is 1.70. The Labute approximate surface area is 109 Å². The Morgan fingerprint density at radius 3 is 2.56 bits per heavy atom. The molecule has 3 N–H and O–H groups in total. The first kappa shape index (κ1) is 16.7. The standard InChI is InChI=1S/C12H25N3O3/c1-5-15(7-10(3)12(13)14-17)11(16)6-9(2)8-18-4/h9-10,17H,5-8H2,1-4H3,(H2,13,14). The molecular weight excluding hydrogens is 234 g/mol. The molecule has 6 heteroatoms. The van der Waals surface area contributed by atoms with Gasteiger partial charge >= 0.3 is 0 Å². The highest BCUT2D eigenvalue weighted by atomic mass is 16.5. The third-order valence-electron chi connectivity index (χ3n) is 2.82. The second-order valence-corrected chi connectivity index (χ2v) is 4.62. The van der Waals surface area contributed by atoms with Crippen LogP contribution in [-0.2, 0) is 9.53 Å². The summed E-state index contributed by atoms with van der Waals surface area (Å²) in [6.07, 6.45) is 0.449. The van der Waals surface area contributed by atoms with Gasteiger partial charge in [-0.05, 0) is 12.8 Å². The minimum absolute atomic E-state index is 0.0691. The Balaban J connectivity index is 4.36. The Morgan fingerprint density at radius 1 is 1.50 bits per heavy atom. The maximum absolute atomic E-state index is 12.0. The molecule has 0 aliphatic rings. The number of nitrogens with zero attached hydrogens (tertiary/aromatic N) is 2. The van der Waals surface area contributed by atoms with Crippen LogP contribution in [0, 0.1) is 11.8 Å². The van der Waals surface area contributed by atoms with E-state index in [1.54, 1.807) is 12.0 Å². The molecule has 0 aliphatic heterocycles. The van der Waals surface area contributed by atoms with Crippen LogP contribution >= 0.6 is 0 Å². The summed E-state index contributed by atoms with van der Waals surface area (Å²) in [5.74, 6) is 0.248. The summed E-state index contributed by atoms with van der Waals surface area (Å²) in [5.41, 5.74) is 5.51. The molecule has 0 bridgehead atoms. The number of carbonyl (C=O) groups excluding carboxylic acids is 1. The lowest BCUT2D eigenvalue weighted by Gasteiger charge is -2.25. The molecule has 2 atom stereocenters. The van der Waals surface area contributed by atoms with Gasteiger partial charge in [-0.1, -0.05) is 19.0 Å². The summed E-state index contributed by atoms with van der Waals surface area (Å²) in [5, 5.41) is 11.5. The van der Waals surface area contributed by atoms with Crippen molar-refractivity contribution in [2.75, 3.05) is 26.8 Å². The largest absolute Gasteiger partial charge is 0.409 e. The van der Waals surface area contributed by atoms with Crippen LogP contribution in [0.1, 0.15) is 27.2 Å². The van der Waals surface area contributed by atoms with Crippen molar-refractivity contribution < 1.29 is 14.7 Å². The normalized spacial score (nSPS) is 15.2. The number of hydrogen-bond donors (Lipinski definition) is 2. The molecule has 0 aromatic heterocycles. The van der Waals surface area contributed by atoms with Crippen LogP contribution in [0.3, 0.4) is 0 Å². The molecule has 18 heavy (non-hydrogen) atoms. The number of hydrogen-bond acceptors (Lipinski definition) is 4. The van der Waals surface area contributed by atoms with Crippen LogP contribution in [0.4, 0.5) is 0 Å². The summed E-state index contributed by atoms with van der Waals surface area (Å²) < 4.78 is 5.01. The van der Waals surface area contributed by atoms with E-state index in [0.717, 1.165) is 0 Å². The molecule has 2 unspecified atom stereocenters. The summed E-state index contributed by atoms with van der Waals surface area (Å²) >= 11 is 0. The second kappa shape index (κ2) is 8.74. The summed E-state index contributed by atoms with van der Waals surface area (Å²) in [6.45, 7) is 7.36. The lowest BCUT2D eigenvalue weighted by Crippen LogP contribution is -2.39. The Bertz CT molecular complexity index is 282. The number of ether oxygens (including phenoxy) is 1. The molecule has 0 saturated carbocycles. The first-order valence-corrected chi connectivity index (χ1v) is 6.20. The van der Waals surface area contributed by atoms with Crippen molar-refractivity contribution in [3.05, 3.63) is 0 Å². The number of oxime groups is 1. The first-order chi connectivity index (χ1) is 8.46. The van der Waals surface area contributed by atoms with Gasteiger partial charge in [-0.2, -0.15) is 0 Å². The Hall–Kier alpha value is -1.30. The number of amides is 1. The number of rotatable bonds is 8. The van der Waals surface area contributed by atoms with E-state index in [2.05, 4.69) is 5.16 Å². The highest BCUT2D eigenvalue weighted by molar-refractivity contribution is 5.83. The van der Waals surface area contributed by atoms with Crippen LogP contribution in [0.5, 0.6) is 0 Å². The fraction of sp³-hybridized carbons (Fsp3) is 0.833. The van der Waals surface area contributed by atoms with Crippen LogP contribution in [0.25, 0.3) is 0 Å². The quantitative estimate of drug-likeness (QED) is 0.293. The molecule has 0 aromatic carbocycles. The van der Waals surface area contributed by atoms with Gasteiger partial charge in [0, 0.05) is 39.1 Å². The average Bonchev–Trinajstić information content (AvgIpc) is 2.34. The molecular formula is C12H25N3O3.